The molecule has 0 bridgehead atoms. The van der Waals surface area contributed by atoms with Gasteiger partial charge in [0.25, 0.3) is 5.91 Å². The summed E-state index contributed by atoms with van der Waals surface area (Å²) in [6, 6.07) is 6.67. The molecule has 4 nitrogen and oxygen atoms in total. The third kappa shape index (κ3) is 4.25. The van der Waals surface area contributed by atoms with Gasteiger partial charge in [0.15, 0.2) is 0 Å². The largest absolute Gasteiger partial charge is 0.381 e. The van der Waals surface area contributed by atoms with Crippen LogP contribution in [0.25, 0.3) is 0 Å². The highest BCUT2D eigenvalue weighted by atomic mass is 32.1. The summed E-state index contributed by atoms with van der Waals surface area (Å²) in [5.74, 6) is -0.417. The second kappa shape index (κ2) is 8.06. The van der Waals surface area contributed by atoms with Gasteiger partial charge >= 0.3 is 0 Å². The lowest BCUT2D eigenvalue weighted by Gasteiger charge is -2.37. The maximum absolute atomic E-state index is 13.7. The Bertz CT molecular complexity index is 726. The number of hydrogen-bond acceptors (Lipinski definition) is 4. The quantitative estimate of drug-likeness (QED) is 0.852. The highest BCUT2D eigenvalue weighted by Gasteiger charge is 2.35. The van der Waals surface area contributed by atoms with Crippen LogP contribution in [0.3, 0.4) is 0 Å². The molecular formula is C19H23FN2O2S. The van der Waals surface area contributed by atoms with E-state index in [0.717, 1.165) is 36.3 Å². The minimum absolute atomic E-state index is 0.166. The molecule has 0 saturated carbocycles. The molecule has 1 aromatic carbocycles. The van der Waals surface area contributed by atoms with Gasteiger partial charge in [-0.1, -0.05) is 19.1 Å². The number of nitrogens with zero attached hydrogens (tertiary/aromatic N) is 1. The molecule has 1 aliphatic heterocycles. The van der Waals surface area contributed by atoms with Crippen LogP contribution in [-0.4, -0.2) is 30.6 Å². The number of ether oxygens (including phenoxy) is 1. The Labute approximate surface area is 151 Å². The average Bonchev–Trinajstić information content (AvgIpc) is 3.10. The van der Waals surface area contributed by atoms with Gasteiger partial charge < -0.3 is 10.1 Å². The minimum atomic E-state index is -0.293. The van der Waals surface area contributed by atoms with Crippen molar-refractivity contribution >= 4 is 17.2 Å². The number of aryl methyl sites for hydroxylation is 1. The fourth-order valence-corrected chi connectivity index (χ4v) is 4.11. The summed E-state index contributed by atoms with van der Waals surface area (Å²) in [5.41, 5.74) is 1.09. The molecule has 1 aliphatic rings. The average molecular weight is 362 g/mol. The zero-order valence-corrected chi connectivity index (χ0v) is 15.2. The number of nitrogens with one attached hydrogen (secondary N) is 1. The van der Waals surface area contributed by atoms with E-state index in [9.17, 15) is 9.18 Å². The summed E-state index contributed by atoms with van der Waals surface area (Å²) < 4.78 is 19.2. The molecule has 25 heavy (non-hydrogen) atoms. The Kier molecular flexibility index (Phi) is 5.81. The van der Waals surface area contributed by atoms with Crippen molar-refractivity contribution in [1.29, 1.82) is 0 Å². The number of amides is 1. The third-order valence-electron chi connectivity index (χ3n) is 4.72. The van der Waals surface area contributed by atoms with Crippen LogP contribution >= 0.6 is 11.3 Å². The lowest BCUT2D eigenvalue weighted by molar-refractivity contribution is 0.0486. The predicted octanol–water partition coefficient (Wildman–Crippen LogP) is 3.71. The summed E-state index contributed by atoms with van der Waals surface area (Å²) in [6.07, 6.45) is 3.42. The number of rotatable bonds is 6. The van der Waals surface area contributed by atoms with Gasteiger partial charge in [-0.15, -0.1) is 11.3 Å². The van der Waals surface area contributed by atoms with Gasteiger partial charge in [0.1, 0.15) is 11.5 Å². The molecule has 1 N–H and O–H groups in total. The maximum atomic E-state index is 13.7. The summed E-state index contributed by atoms with van der Waals surface area (Å²) >= 11 is 1.52. The fourth-order valence-electron chi connectivity index (χ4n) is 3.23. The zero-order valence-electron chi connectivity index (χ0n) is 14.4. The molecule has 0 aliphatic carbocycles. The molecule has 1 fully saturated rings. The maximum Gasteiger partial charge on any atom is 0.270 e. The van der Waals surface area contributed by atoms with Gasteiger partial charge in [0, 0.05) is 30.6 Å². The SMILES string of the molecule is CCCc1nc(C(=O)NCC2(c3cccc(F)c3)CCOCC2)cs1. The molecule has 0 spiro atoms. The molecule has 2 aromatic rings. The molecule has 0 radical (unpaired) electrons. The van der Waals surface area contributed by atoms with Crippen molar-refractivity contribution < 1.29 is 13.9 Å². The molecule has 134 valence electrons. The summed E-state index contributed by atoms with van der Waals surface area (Å²) in [6.45, 7) is 3.78. The van der Waals surface area contributed by atoms with Crippen molar-refractivity contribution in [2.24, 2.45) is 0 Å². The standard InChI is InChI=1S/C19H23FN2O2S/c1-2-4-17-22-16(12-25-17)18(23)21-13-19(7-9-24-10-8-19)14-5-3-6-15(20)11-14/h3,5-6,11-12H,2,4,7-10,13H2,1H3,(H,21,23). The number of thiazole rings is 1. The second-order valence-electron chi connectivity index (χ2n) is 6.46. The first-order valence-electron chi connectivity index (χ1n) is 8.69. The molecule has 6 heteroatoms. The van der Waals surface area contributed by atoms with Gasteiger partial charge in [-0.2, -0.15) is 0 Å². The summed E-state index contributed by atoms with van der Waals surface area (Å²) in [7, 11) is 0. The number of carbonyl (C=O) groups is 1. The van der Waals surface area contributed by atoms with Crippen molar-refractivity contribution in [1.82, 2.24) is 10.3 Å². The number of halogens is 1. The second-order valence-corrected chi connectivity index (χ2v) is 7.40. The van der Waals surface area contributed by atoms with Gasteiger partial charge in [0.05, 0.1) is 5.01 Å². The van der Waals surface area contributed by atoms with Crippen LogP contribution in [0.2, 0.25) is 0 Å². The van der Waals surface area contributed by atoms with E-state index in [1.807, 2.05) is 6.07 Å². The number of carbonyl (C=O) groups excluding carboxylic acids is 1. The lowest BCUT2D eigenvalue weighted by Crippen LogP contribution is -2.44. The van der Waals surface area contributed by atoms with E-state index in [0.29, 0.717) is 25.5 Å². The lowest BCUT2D eigenvalue weighted by atomic mass is 9.74. The molecule has 2 heterocycles. The molecule has 3 rings (SSSR count). The highest BCUT2D eigenvalue weighted by Crippen LogP contribution is 2.34. The minimum Gasteiger partial charge on any atom is -0.381 e. The van der Waals surface area contributed by atoms with Crippen LogP contribution in [-0.2, 0) is 16.6 Å². The first-order valence-corrected chi connectivity index (χ1v) is 9.57. The van der Waals surface area contributed by atoms with Crippen molar-refractivity contribution in [2.75, 3.05) is 19.8 Å². The molecule has 0 atom stereocenters. The van der Waals surface area contributed by atoms with E-state index in [1.165, 1.54) is 17.4 Å². The topological polar surface area (TPSA) is 51.2 Å². The monoisotopic (exact) mass is 362 g/mol. The molecule has 1 saturated heterocycles. The first kappa shape index (κ1) is 18.0. The van der Waals surface area contributed by atoms with Gasteiger partial charge in [-0.05, 0) is 43.4 Å². The van der Waals surface area contributed by atoms with Crippen molar-refractivity contribution in [3.05, 3.63) is 51.7 Å². The Morgan fingerprint density at radius 3 is 2.92 bits per heavy atom. The van der Waals surface area contributed by atoms with E-state index in [1.54, 1.807) is 17.5 Å². The van der Waals surface area contributed by atoms with Crippen molar-refractivity contribution in [3.8, 4) is 0 Å². The highest BCUT2D eigenvalue weighted by molar-refractivity contribution is 7.09. The molecule has 1 amide bonds. The first-order chi connectivity index (χ1) is 12.1. The normalized spacial score (nSPS) is 16.6. The van der Waals surface area contributed by atoms with Crippen LogP contribution < -0.4 is 5.32 Å². The Morgan fingerprint density at radius 1 is 1.40 bits per heavy atom. The molecular weight excluding hydrogens is 339 g/mol. The van der Waals surface area contributed by atoms with Gasteiger partial charge in [-0.25, -0.2) is 9.37 Å². The van der Waals surface area contributed by atoms with Gasteiger partial charge in [-0.3, -0.25) is 4.79 Å². The summed E-state index contributed by atoms with van der Waals surface area (Å²) in [4.78, 5) is 16.9. The smallest absolute Gasteiger partial charge is 0.270 e. The van der Waals surface area contributed by atoms with E-state index in [-0.39, 0.29) is 17.1 Å². The molecule has 0 unspecified atom stereocenters. The van der Waals surface area contributed by atoms with E-state index in [4.69, 9.17) is 4.74 Å². The predicted molar refractivity (Wildman–Crippen MR) is 96.6 cm³/mol. The van der Waals surface area contributed by atoms with Crippen LogP contribution in [0.1, 0.15) is 47.2 Å². The van der Waals surface area contributed by atoms with Crippen LogP contribution in [0.15, 0.2) is 29.6 Å². The van der Waals surface area contributed by atoms with Crippen LogP contribution in [0, 0.1) is 5.82 Å². The van der Waals surface area contributed by atoms with Crippen molar-refractivity contribution in [2.45, 2.75) is 38.0 Å². The van der Waals surface area contributed by atoms with Crippen molar-refractivity contribution in [3.63, 3.8) is 0 Å². The molecule has 1 aromatic heterocycles. The Balaban J connectivity index is 1.73. The van der Waals surface area contributed by atoms with Crippen LogP contribution in [0.4, 0.5) is 4.39 Å². The Hall–Kier alpha value is -1.79. The number of benzene rings is 1. The number of hydrogen-bond donors (Lipinski definition) is 1. The van der Waals surface area contributed by atoms with E-state index in [2.05, 4.69) is 17.2 Å². The third-order valence-corrected chi connectivity index (χ3v) is 5.63. The number of aromatic nitrogens is 1. The Morgan fingerprint density at radius 2 is 2.20 bits per heavy atom. The van der Waals surface area contributed by atoms with E-state index >= 15 is 0 Å². The van der Waals surface area contributed by atoms with Crippen LogP contribution in [0.5, 0.6) is 0 Å². The van der Waals surface area contributed by atoms with Gasteiger partial charge in [0.2, 0.25) is 0 Å². The summed E-state index contributed by atoms with van der Waals surface area (Å²) in [5, 5.41) is 5.80. The fraction of sp³-hybridized carbons (Fsp3) is 0.474. The zero-order chi connectivity index (χ0) is 17.7. The van der Waals surface area contributed by atoms with E-state index < -0.39 is 0 Å².